The SMILES string of the molecule is CC1(C)OC[C@@H]([C@@H](O)C(=O)O)O1.CC1(C)OC[C@@H]([C@@H](O)C(=O)O)O1.CC1(C)OC[C@@H]([C@@H](O)C(=O)O)O1.CC1(C)OC[C@@H]([C@@H](O)C(=O)O)O1.[CaH2]. The van der Waals surface area contributed by atoms with Gasteiger partial charge in [-0.2, -0.15) is 0 Å². The summed E-state index contributed by atoms with van der Waals surface area (Å²) in [7, 11) is 0. The number of aliphatic hydroxyl groups excluding tert-OH is 4. The van der Waals surface area contributed by atoms with Crippen molar-refractivity contribution in [3.05, 3.63) is 0 Å². The molecule has 0 radical (unpaired) electrons. The third kappa shape index (κ3) is 16.7. The zero-order valence-electron chi connectivity index (χ0n) is 27.9. The van der Waals surface area contributed by atoms with Crippen LogP contribution in [-0.2, 0) is 57.1 Å². The van der Waals surface area contributed by atoms with Crippen LogP contribution in [0.15, 0.2) is 0 Å². The molecule has 4 saturated heterocycles. The zero-order valence-corrected chi connectivity index (χ0v) is 27.9. The number of aliphatic carboxylic acids is 4. The van der Waals surface area contributed by atoms with Gasteiger partial charge >= 0.3 is 61.6 Å². The van der Waals surface area contributed by atoms with Crippen molar-refractivity contribution in [2.24, 2.45) is 0 Å². The van der Waals surface area contributed by atoms with Crippen LogP contribution in [0.2, 0.25) is 0 Å². The molecule has 8 N–H and O–H groups in total. The normalized spacial score (nSPS) is 29.5. The van der Waals surface area contributed by atoms with Crippen LogP contribution in [0, 0.1) is 0 Å². The fourth-order valence-electron chi connectivity index (χ4n) is 4.12. The van der Waals surface area contributed by atoms with Crippen LogP contribution in [0.3, 0.4) is 0 Å². The molecule has 4 heterocycles. The number of hydrogen-bond donors (Lipinski definition) is 8. The van der Waals surface area contributed by atoms with E-state index >= 15 is 0 Å². The summed E-state index contributed by atoms with van der Waals surface area (Å²) in [4.78, 5) is 41.2. The summed E-state index contributed by atoms with van der Waals surface area (Å²) in [5, 5.41) is 69.9. The van der Waals surface area contributed by atoms with Crippen LogP contribution in [-0.4, -0.2) is 201 Å². The molecule has 20 nitrogen and oxygen atoms in total. The first-order chi connectivity index (χ1) is 21.7. The summed E-state index contributed by atoms with van der Waals surface area (Å²) in [5.74, 6) is -8.32. The monoisotopic (exact) mass is 746 g/mol. The second-order valence-electron chi connectivity index (χ2n) is 12.6. The molecular formula is C28H50CaO20. The van der Waals surface area contributed by atoms with Crippen molar-refractivity contribution in [3.63, 3.8) is 0 Å². The van der Waals surface area contributed by atoms with E-state index in [-0.39, 0.29) is 64.2 Å². The van der Waals surface area contributed by atoms with Crippen molar-refractivity contribution in [2.45, 2.75) is 127 Å². The van der Waals surface area contributed by atoms with E-state index in [2.05, 4.69) is 0 Å². The van der Waals surface area contributed by atoms with E-state index in [1.54, 1.807) is 55.4 Å². The van der Waals surface area contributed by atoms with Gasteiger partial charge in [0, 0.05) is 0 Å². The van der Waals surface area contributed by atoms with E-state index in [1.165, 1.54) is 0 Å². The fraction of sp³-hybridized carbons (Fsp3) is 0.857. The Morgan fingerprint density at radius 3 is 0.653 bits per heavy atom. The van der Waals surface area contributed by atoms with Gasteiger partial charge in [0.2, 0.25) is 0 Å². The number of carboxylic acids is 4. The van der Waals surface area contributed by atoms with Crippen LogP contribution < -0.4 is 0 Å². The number of rotatable bonds is 8. The molecule has 0 aliphatic carbocycles. The minimum atomic E-state index is -1.51. The van der Waals surface area contributed by atoms with E-state index in [0.717, 1.165) is 0 Å². The maximum absolute atomic E-state index is 10.3. The van der Waals surface area contributed by atoms with Gasteiger partial charge in [-0.1, -0.05) is 0 Å². The van der Waals surface area contributed by atoms with Crippen LogP contribution in [0.5, 0.6) is 0 Å². The van der Waals surface area contributed by atoms with Gasteiger partial charge < -0.3 is 78.7 Å². The summed E-state index contributed by atoms with van der Waals surface area (Å²) in [5.41, 5.74) is 0. The van der Waals surface area contributed by atoms with Crippen molar-refractivity contribution in [1.82, 2.24) is 0 Å². The van der Waals surface area contributed by atoms with E-state index in [0.29, 0.717) is 0 Å². The second-order valence-corrected chi connectivity index (χ2v) is 12.6. The standard InChI is InChI=1S/4C7H12O5.Ca.2H/c4*1-7(2)11-3-4(12-7)5(8)6(9)10;;;/h4*4-5,8H,3H2,1-2H3,(H,9,10);;;/t4*4-,5+;;;/m0000.../s1. The first-order valence-corrected chi connectivity index (χ1v) is 14.6. The number of hydrogen-bond acceptors (Lipinski definition) is 16. The van der Waals surface area contributed by atoms with E-state index in [9.17, 15) is 19.2 Å². The molecular weight excluding hydrogens is 696 g/mol. The summed E-state index contributed by atoms with van der Waals surface area (Å²) in [6.07, 6.45) is -9.10. The summed E-state index contributed by atoms with van der Waals surface area (Å²) in [6.45, 7) is 13.8. The topological polar surface area (TPSA) is 304 Å². The predicted octanol–water partition coefficient (Wildman–Crippen LogP) is -2.58. The van der Waals surface area contributed by atoms with E-state index < -0.39 is 95.9 Å². The average molecular weight is 747 g/mol. The Bertz CT molecular complexity index is 928. The number of ether oxygens (including phenoxy) is 8. The molecule has 284 valence electrons. The third-order valence-corrected chi connectivity index (χ3v) is 6.54. The Hall–Kier alpha value is -1.34. The van der Waals surface area contributed by atoms with Crippen molar-refractivity contribution in [3.8, 4) is 0 Å². The Kier molecular flexibility index (Phi) is 19.0. The van der Waals surface area contributed by atoms with E-state index in [4.69, 9.17) is 78.7 Å². The van der Waals surface area contributed by atoms with Gasteiger partial charge in [-0.05, 0) is 55.4 Å². The second kappa shape index (κ2) is 19.5. The molecule has 0 spiro atoms. The van der Waals surface area contributed by atoms with Gasteiger partial charge in [0.05, 0.1) is 26.4 Å². The fourth-order valence-corrected chi connectivity index (χ4v) is 4.12. The van der Waals surface area contributed by atoms with Crippen LogP contribution in [0.25, 0.3) is 0 Å². The molecule has 0 saturated carbocycles. The molecule has 0 aromatic rings. The molecule has 49 heavy (non-hydrogen) atoms. The van der Waals surface area contributed by atoms with Gasteiger partial charge in [0.1, 0.15) is 24.4 Å². The Morgan fingerprint density at radius 1 is 0.429 bits per heavy atom. The van der Waals surface area contributed by atoms with Gasteiger partial charge in [-0.3, -0.25) is 0 Å². The van der Waals surface area contributed by atoms with Crippen LogP contribution >= 0.6 is 0 Å². The molecule has 0 bridgehead atoms. The van der Waals surface area contributed by atoms with Gasteiger partial charge in [0.15, 0.2) is 47.6 Å². The number of carboxylic acid groups (broad SMARTS) is 4. The molecule has 21 heteroatoms. The summed E-state index contributed by atoms with van der Waals surface area (Å²) >= 11 is 0. The van der Waals surface area contributed by atoms with Crippen LogP contribution in [0.1, 0.15) is 55.4 Å². The van der Waals surface area contributed by atoms with Crippen molar-refractivity contribution < 1.29 is 97.9 Å². The molecule has 4 aliphatic heterocycles. The molecule has 0 unspecified atom stereocenters. The predicted molar refractivity (Wildman–Crippen MR) is 163 cm³/mol. The molecule has 4 rings (SSSR count). The third-order valence-electron chi connectivity index (χ3n) is 6.54. The maximum atomic E-state index is 10.3. The first kappa shape index (κ1) is 47.7. The molecule has 0 aromatic heterocycles. The number of carbonyl (C=O) groups is 4. The molecule has 0 aromatic carbocycles. The minimum absolute atomic E-state index is 0. The molecule has 8 atom stereocenters. The number of aliphatic hydroxyl groups is 4. The first-order valence-electron chi connectivity index (χ1n) is 14.6. The Labute approximate surface area is 312 Å². The van der Waals surface area contributed by atoms with Crippen molar-refractivity contribution in [2.75, 3.05) is 26.4 Å². The van der Waals surface area contributed by atoms with Gasteiger partial charge in [-0.15, -0.1) is 0 Å². The zero-order chi connectivity index (χ0) is 37.4. The van der Waals surface area contributed by atoms with E-state index in [1.807, 2.05) is 0 Å². The Balaban J connectivity index is 0.000000623. The Morgan fingerprint density at radius 2 is 0.571 bits per heavy atom. The van der Waals surface area contributed by atoms with Gasteiger partial charge in [-0.25, -0.2) is 19.2 Å². The summed E-state index contributed by atoms with van der Waals surface area (Å²) in [6, 6.07) is 0. The molecule has 4 fully saturated rings. The van der Waals surface area contributed by atoms with Crippen LogP contribution in [0.4, 0.5) is 0 Å². The van der Waals surface area contributed by atoms with Gasteiger partial charge in [0.25, 0.3) is 0 Å². The summed E-state index contributed by atoms with van der Waals surface area (Å²) < 4.78 is 40.8. The van der Waals surface area contributed by atoms with Crippen molar-refractivity contribution in [1.29, 1.82) is 0 Å². The van der Waals surface area contributed by atoms with Crippen molar-refractivity contribution >= 4 is 61.6 Å². The average Bonchev–Trinajstić information content (AvgIpc) is 3.72. The molecule has 0 amide bonds. The molecule has 4 aliphatic rings. The quantitative estimate of drug-likeness (QED) is 0.118.